The van der Waals surface area contributed by atoms with Crippen LogP contribution in [0.25, 0.3) is 10.8 Å². The molecule has 3 aliphatic rings. The number of rotatable bonds is 8. The molecule has 6 nitrogen and oxygen atoms in total. The summed E-state index contributed by atoms with van der Waals surface area (Å²) < 4.78 is 19.6. The van der Waals surface area contributed by atoms with Gasteiger partial charge in [-0.15, -0.1) is 0 Å². The minimum absolute atomic E-state index is 0.0755. The lowest BCUT2D eigenvalue weighted by molar-refractivity contribution is -0.115. The number of halogens is 1. The first kappa shape index (κ1) is 23.0. The molecule has 1 amide bonds. The van der Waals surface area contributed by atoms with Crippen molar-refractivity contribution in [1.82, 2.24) is 10.2 Å². The Labute approximate surface area is 210 Å². The Balaban J connectivity index is 1.21. The van der Waals surface area contributed by atoms with Crippen molar-refractivity contribution in [2.75, 3.05) is 19.6 Å². The highest BCUT2D eigenvalue weighted by Crippen LogP contribution is 2.28. The summed E-state index contributed by atoms with van der Waals surface area (Å²) >= 11 is 0. The van der Waals surface area contributed by atoms with Crippen molar-refractivity contribution in [3.8, 4) is 5.75 Å². The number of oxime groups is 1. The molecule has 7 heteroatoms. The van der Waals surface area contributed by atoms with E-state index in [1.54, 1.807) is 6.07 Å². The Morgan fingerprint density at radius 2 is 1.92 bits per heavy atom. The number of fused-ring (bicyclic) bond motifs is 3. The van der Waals surface area contributed by atoms with Crippen molar-refractivity contribution in [3.63, 3.8) is 0 Å². The Morgan fingerprint density at radius 3 is 2.69 bits per heavy atom. The predicted octanol–water partition coefficient (Wildman–Crippen LogP) is 4.58. The van der Waals surface area contributed by atoms with Gasteiger partial charge in [-0.05, 0) is 85.8 Å². The minimum atomic E-state index is -0.289. The topological polar surface area (TPSA) is 63.2 Å². The fourth-order valence-electron chi connectivity index (χ4n) is 5.18. The average molecular weight is 488 g/mol. The molecule has 186 valence electrons. The van der Waals surface area contributed by atoms with E-state index < -0.39 is 0 Å². The number of hydrogen-bond acceptors (Lipinski definition) is 5. The van der Waals surface area contributed by atoms with Crippen molar-refractivity contribution in [2.45, 2.75) is 50.9 Å². The van der Waals surface area contributed by atoms with E-state index in [0.29, 0.717) is 12.5 Å². The molecule has 6 rings (SSSR count). The molecule has 1 saturated carbocycles. The number of nitrogens with one attached hydrogen (secondary N) is 1. The van der Waals surface area contributed by atoms with Crippen LogP contribution in [0.4, 0.5) is 4.39 Å². The van der Waals surface area contributed by atoms with Crippen LogP contribution in [0, 0.1) is 5.82 Å². The summed E-state index contributed by atoms with van der Waals surface area (Å²) in [6.45, 7) is 3.14. The van der Waals surface area contributed by atoms with Crippen molar-refractivity contribution in [3.05, 3.63) is 77.1 Å². The molecule has 2 fully saturated rings. The van der Waals surface area contributed by atoms with E-state index >= 15 is 0 Å². The highest BCUT2D eigenvalue weighted by molar-refractivity contribution is 6.46. The van der Waals surface area contributed by atoms with Gasteiger partial charge >= 0.3 is 0 Å². The summed E-state index contributed by atoms with van der Waals surface area (Å²) in [5.41, 5.74) is 3.01. The molecular formula is C29H30FN3O3. The Bertz CT molecular complexity index is 1300. The summed E-state index contributed by atoms with van der Waals surface area (Å²) in [7, 11) is 0. The summed E-state index contributed by atoms with van der Waals surface area (Å²) in [5, 5.41) is 9.02. The lowest BCUT2D eigenvalue weighted by atomic mass is 9.95. The standard InChI is InChI=1S/C29H30FN3O3/c30-21-6-12-25-20(16-21)5-11-26-27(25)18-35-32-28(26)29(34)31-22(17-33-13-1-2-14-33)15-19-3-7-23(8-4-19)36-24-9-10-24/h3-8,11-12,16,22,24H,1-2,9-10,13-15,17-18H2,(H,31,34)/t22-/m0/s1. The number of amides is 1. The number of carbonyl (C=O) groups excluding carboxylic acids is 1. The number of hydrogen-bond donors (Lipinski definition) is 1. The van der Waals surface area contributed by atoms with E-state index in [0.717, 1.165) is 65.7 Å². The second-order valence-electron chi connectivity index (χ2n) is 10.0. The lowest BCUT2D eigenvalue weighted by Crippen LogP contribution is -2.47. The molecule has 1 atom stereocenters. The summed E-state index contributed by atoms with van der Waals surface area (Å²) in [6.07, 6.45) is 5.73. The average Bonchev–Trinajstić information content (AvgIpc) is 3.55. The summed E-state index contributed by atoms with van der Waals surface area (Å²) in [6, 6.07) is 16.5. The number of ether oxygens (including phenoxy) is 1. The van der Waals surface area contributed by atoms with Gasteiger partial charge in [0.1, 0.15) is 18.2 Å². The molecule has 3 aromatic rings. The van der Waals surface area contributed by atoms with Crippen LogP contribution in [-0.4, -0.2) is 48.3 Å². The zero-order valence-electron chi connectivity index (χ0n) is 20.2. The van der Waals surface area contributed by atoms with Gasteiger partial charge in [0.25, 0.3) is 5.91 Å². The molecule has 1 aliphatic carbocycles. The van der Waals surface area contributed by atoms with Crippen LogP contribution in [-0.2, 0) is 22.7 Å². The van der Waals surface area contributed by atoms with Gasteiger partial charge in [-0.25, -0.2) is 4.39 Å². The first-order chi connectivity index (χ1) is 17.6. The largest absolute Gasteiger partial charge is 0.490 e. The van der Waals surface area contributed by atoms with Crippen LogP contribution in [0.2, 0.25) is 0 Å². The van der Waals surface area contributed by atoms with Gasteiger partial charge in [0.2, 0.25) is 0 Å². The summed E-state index contributed by atoms with van der Waals surface area (Å²) in [4.78, 5) is 21.4. The smallest absolute Gasteiger partial charge is 0.274 e. The van der Waals surface area contributed by atoms with Gasteiger partial charge < -0.3 is 19.8 Å². The van der Waals surface area contributed by atoms with Crippen LogP contribution in [0.15, 0.2) is 59.8 Å². The Kier molecular flexibility index (Phi) is 6.32. The van der Waals surface area contributed by atoms with Crippen LogP contribution < -0.4 is 10.1 Å². The maximum absolute atomic E-state index is 13.7. The molecule has 3 aromatic carbocycles. The molecule has 0 aromatic heterocycles. The maximum atomic E-state index is 13.7. The molecule has 1 N–H and O–H groups in total. The monoisotopic (exact) mass is 487 g/mol. The second kappa shape index (κ2) is 9.90. The van der Waals surface area contributed by atoms with Crippen LogP contribution in [0.3, 0.4) is 0 Å². The van der Waals surface area contributed by atoms with E-state index in [1.807, 2.05) is 24.3 Å². The van der Waals surface area contributed by atoms with Gasteiger partial charge in [0, 0.05) is 23.7 Å². The fraction of sp³-hybridized carbons (Fsp3) is 0.379. The Hall–Kier alpha value is -3.45. The van der Waals surface area contributed by atoms with Crippen LogP contribution >= 0.6 is 0 Å². The number of likely N-dealkylation sites (tertiary alicyclic amines) is 1. The van der Waals surface area contributed by atoms with Gasteiger partial charge in [0.05, 0.1) is 6.10 Å². The van der Waals surface area contributed by atoms with E-state index in [4.69, 9.17) is 9.57 Å². The Morgan fingerprint density at radius 1 is 1.11 bits per heavy atom. The predicted molar refractivity (Wildman–Crippen MR) is 137 cm³/mol. The number of benzene rings is 3. The molecule has 2 aliphatic heterocycles. The van der Waals surface area contributed by atoms with E-state index in [1.165, 1.54) is 25.0 Å². The van der Waals surface area contributed by atoms with Crippen LogP contribution in [0.5, 0.6) is 5.75 Å². The third-order valence-corrected chi connectivity index (χ3v) is 7.17. The minimum Gasteiger partial charge on any atom is -0.490 e. The zero-order valence-corrected chi connectivity index (χ0v) is 20.2. The maximum Gasteiger partial charge on any atom is 0.274 e. The molecule has 1 saturated heterocycles. The van der Waals surface area contributed by atoms with Crippen molar-refractivity contribution >= 4 is 22.4 Å². The van der Waals surface area contributed by atoms with Crippen molar-refractivity contribution < 1.29 is 18.8 Å². The fourth-order valence-corrected chi connectivity index (χ4v) is 5.18. The number of nitrogens with zero attached hydrogens (tertiary/aromatic N) is 2. The first-order valence-electron chi connectivity index (χ1n) is 12.8. The van der Waals surface area contributed by atoms with Crippen LogP contribution in [0.1, 0.15) is 42.4 Å². The normalized spacial score (nSPS) is 18.3. The highest BCUT2D eigenvalue weighted by atomic mass is 19.1. The second-order valence-corrected chi connectivity index (χ2v) is 10.0. The first-order valence-corrected chi connectivity index (χ1v) is 12.8. The quantitative estimate of drug-likeness (QED) is 0.505. The molecule has 0 radical (unpaired) electrons. The SMILES string of the molecule is O=C(N[C@@H](Cc1ccc(OC2CC2)cc1)CN1CCCC1)C1=NOCc2c1ccc1cc(F)ccc21. The molecular weight excluding hydrogens is 457 g/mol. The molecule has 0 spiro atoms. The molecule has 0 bridgehead atoms. The van der Waals surface area contributed by atoms with Crippen molar-refractivity contribution in [2.24, 2.45) is 5.16 Å². The lowest BCUT2D eigenvalue weighted by Gasteiger charge is -2.26. The molecule has 2 heterocycles. The van der Waals surface area contributed by atoms with Gasteiger partial charge in [-0.3, -0.25) is 4.79 Å². The third-order valence-electron chi connectivity index (χ3n) is 7.17. The van der Waals surface area contributed by atoms with E-state index in [9.17, 15) is 9.18 Å². The van der Waals surface area contributed by atoms with Gasteiger partial charge in [-0.2, -0.15) is 0 Å². The van der Waals surface area contributed by atoms with E-state index in [2.05, 4.69) is 27.5 Å². The molecule has 36 heavy (non-hydrogen) atoms. The third kappa shape index (κ3) is 5.07. The zero-order chi connectivity index (χ0) is 24.5. The van der Waals surface area contributed by atoms with Crippen molar-refractivity contribution in [1.29, 1.82) is 0 Å². The number of carbonyl (C=O) groups is 1. The van der Waals surface area contributed by atoms with Gasteiger partial charge in [-0.1, -0.05) is 35.5 Å². The summed E-state index contributed by atoms with van der Waals surface area (Å²) in [5.74, 6) is 0.358. The van der Waals surface area contributed by atoms with Gasteiger partial charge in [0.15, 0.2) is 5.71 Å². The molecule has 0 unspecified atom stereocenters. The van der Waals surface area contributed by atoms with E-state index in [-0.39, 0.29) is 30.1 Å². The highest BCUT2D eigenvalue weighted by Gasteiger charge is 2.27.